The first-order valence-electron chi connectivity index (χ1n) is 12.2. The number of hydrogen-bond acceptors (Lipinski definition) is 4. The third-order valence-electron chi connectivity index (χ3n) is 7.39. The molecule has 2 bridgehead atoms. The van der Waals surface area contributed by atoms with Gasteiger partial charge in [0.15, 0.2) is 0 Å². The number of pyridine rings is 1. The first-order chi connectivity index (χ1) is 18.1. The van der Waals surface area contributed by atoms with Crippen molar-refractivity contribution < 1.29 is 13.9 Å². The second-order valence-electron chi connectivity index (χ2n) is 9.45. The molecule has 5 aromatic rings. The summed E-state index contributed by atoms with van der Waals surface area (Å²) >= 11 is 0. The topological polar surface area (TPSA) is 77.2 Å². The lowest BCUT2D eigenvalue weighted by Crippen LogP contribution is -2.23. The van der Waals surface area contributed by atoms with Crippen LogP contribution in [0.4, 0.5) is 10.2 Å². The Labute approximate surface area is 212 Å². The summed E-state index contributed by atoms with van der Waals surface area (Å²) in [6.45, 7) is 0.369. The molecule has 3 heterocycles. The lowest BCUT2D eigenvalue weighted by molar-refractivity contribution is 0.0857. The molecule has 0 aliphatic carbocycles. The number of aromatic nitrogens is 1. The van der Waals surface area contributed by atoms with Crippen LogP contribution >= 0.6 is 0 Å². The fourth-order valence-corrected chi connectivity index (χ4v) is 5.58. The van der Waals surface area contributed by atoms with Gasteiger partial charge in [-0.15, -0.1) is 0 Å². The minimum absolute atomic E-state index is 0.162. The van der Waals surface area contributed by atoms with E-state index in [4.69, 9.17) is 10.5 Å². The summed E-state index contributed by atoms with van der Waals surface area (Å²) < 4.78 is 20.7. The van der Waals surface area contributed by atoms with Gasteiger partial charge in [-0.2, -0.15) is 0 Å². The summed E-state index contributed by atoms with van der Waals surface area (Å²) in [5.41, 5.74) is 13.1. The molecule has 0 saturated carbocycles. The number of rotatable bonds is 4. The molecule has 0 radical (unpaired) electrons. The molecule has 6 heteroatoms. The summed E-state index contributed by atoms with van der Waals surface area (Å²) in [4.78, 5) is 17.3. The summed E-state index contributed by atoms with van der Waals surface area (Å²) in [5.74, 6) is 0.0544. The van der Waals surface area contributed by atoms with Gasteiger partial charge in [-0.25, -0.2) is 9.37 Å². The van der Waals surface area contributed by atoms with Crippen LogP contribution in [0, 0.1) is 5.82 Å². The van der Waals surface area contributed by atoms with Crippen LogP contribution in [0.25, 0.3) is 21.9 Å². The molecule has 0 fully saturated rings. The van der Waals surface area contributed by atoms with E-state index in [2.05, 4.69) is 10.3 Å². The Kier molecular flexibility index (Phi) is 4.84. The van der Waals surface area contributed by atoms with Crippen LogP contribution < -0.4 is 11.1 Å². The fourth-order valence-electron chi connectivity index (χ4n) is 5.58. The van der Waals surface area contributed by atoms with E-state index in [1.54, 1.807) is 18.3 Å². The number of carbonyl (C=O) groups excluding carboxylic acids is 1. The van der Waals surface area contributed by atoms with Crippen LogP contribution in [0.3, 0.4) is 0 Å². The maximum Gasteiger partial charge on any atom is 0.251 e. The maximum atomic E-state index is 14.4. The number of carbonyl (C=O) groups is 1. The summed E-state index contributed by atoms with van der Waals surface area (Å²) in [7, 11) is 0. The van der Waals surface area contributed by atoms with Crippen LogP contribution in [0.2, 0.25) is 0 Å². The zero-order valence-corrected chi connectivity index (χ0v) is 19.7. The number of halogens is 1. The molecule has 2 atom stereocenters. The molecule has 0 saturated heterocycles. The number of anilines is 1. The van der Waals surface area contributed by atoms with Crippen LogP contribution in [0.5, 0.6) is 0 Å². The fraction of sp³-hybridized carbons (Fsp3) is 0.0968. The van der Waals surface area contributed by atoms with Gasteiger partial charge in [-0.05, 0) is 69.1 Å². The van der Waals surface area contributed by atoms with E-state index in [0.717, 1.165) is 44.2 Å². The smallest absolute Gasteiger partial charge is 0.251 e. The molecular formula is C31H22FN3O2. The average molecular weight is 488 g/mol. The van der Waals surface area contributed by atoms with Gasteiger partial charge in [0.05, 0.1) is 0 Å². The number of nitrogens with one attached hydrogen (secondary N) is 1. The van der Waals surface area contributed by atoms with Gasteiger partial charge in [0, 0.05) is 29.3 Å². The van der Waals surface area contributed by atoms with Crippen LogP contribution in [-0.4, -0.2) is 10.9 Å². The lowest BCUT2D eigenvalue weighted by Gasteiger charge is -2.18. The molecule has 5 nitrogen and oxygen atoms in total. The van der Waals surface area contributed by atoms with Crippen LogP contribution in [0.1, 0.15) is 50.4 Å². The predicted octanol–water partition coefficient (Wildman–Crippen LogP) is 6.08. The van der Waals surface area contributed by atoms with E-state index in [1.165, 1.54) is 6.07 Å². The zero-order valence-electron chi connectivity index (χ0n) is 19.7. The molecule has 1 amide bonds. The maximum absolute atomic E-state index is 14.4. The highest BCUT2D eigenvalue weighted by Crippen LogP contribution is 2.54. The van der Waals surface area contributed by atoms with E-state index in [-0.39, 0.29) is 23.9 Å². The molecule has 180 valence electrons. The largest absolute Gasteiger partial charge is 0.383 e. The van der Waals surface area contributed by atoms with Crippen LogP contribution in [-0.2, 0) is 11.3 Å². The van der Waals surface area contributed by atoms with Crippen molar-refractivity contribution in [2.45, 2.75) is 18.8 Å². The van der Waals surface area contributed by atoms with Crippen molar-refractivity contribution in [3.05, 3.63) is 130 Å². The van der Waals surface area contributed by atoms with Gasteiger partial charge in [-0.1, -0.05) is 54.6 Å². The highest BCUT2D eigenvalue weighted by Gasteiger charge is 2.43. The van der Waals surface area contributed by atoms with Crippen molar-refractivity contribution in [3.8, 4) is 11.1 Å². The molecule has 1 aromatic heterocycles. The Morgan fingerprint density at radius 2 is 1.65 bits per heavy atom. The van der Waals surface area contributed by atoms with Gasteiger partial charge in [0.25, 0.3) is 5.91 Å². The zero-order chi connectivity index (χ0) is 25.1. The predicted molar refractivity (Wildman–Crippen MR) is 140 cm³/mol. The molecule has 37 heavy (non-hydrogen) atoms. The molecule has 2 aliphatic rings. The molecule has 2 aliphatic heterocycles. The monoisotopic (exact) mass is 487 g/mol. The number of ether oxygens (including phenoxy) is 1. The number of nitrogens with zero attached hydrogens (tertiary/aromatic N) is 1. The van der Waals surface area contributed by atoms with Crippen molar-refractivity contribution >= 4 is 22.5 Å². The third-order valence-corrected chi connectivity index (χ3v) is 7.39. The number of fused-ring (bicyclic) bond motifs is 9. The van der Waals surface area contributed by atoms with Gasteiger partial charge in [0.2, 0.25) is 0 Å². The number of nitrogens with two attached hydrogens (primary N) is 1. The quantitative estimate of drug-likeness (QED) is 0.322. The van der Waals surface area contributed by atoms with Gasteiger partial charge in [-0.3, -0.25) is 4.79 Å². The second-order valence-corrected chi connectivity index (χ2v) is 9.45. The number of benzene rings is 4. The first-order valence-corrected chi connectivity index (χ1v) is 12.2. The molecule has 0 unspecified atom stereocenters. The Balaban J connectivity index is 1.16. The standard InChI is InChI=1S/C31H22FN3O2/c32-27-7-2-1-5-21(27)17-8-10-22-25(14-17)29-26-15-18(9-11-23(26)28(22)37-29)31(36)35-16-19-4-3-6-24-20(19)12-13-34-30(24)33/h1-15,28-29H,16H2,(H2,33,34)(H,35,36)/t28-,29+/m0/s1. The molecular weight excluding hydrogens is 465 g/mol. The lowest BCUT2D eigenvalue weighted by atomic mass is 9.83. The Hall–Kier alpha value is -4.55. The second kappa shape index (κ2) is 8.25. The van der Waals surface area contributed by atoms with Crippen molar-refractivity contribution in [1.82, 2.24) is 10.3 Å². The summed E-state index contributed by atoms with van der Waals surface area (Å²) in [6.07, 6.45) is 1.23. The van der Waals surface area contributed by atoms with Crippen molar-refractivity contribution in [2.24, 2.45) is 0 Å². The van der Waals surface area contributed by atoms with E-state index >= 15 is 0 Å². The molecule has 0 spiro atoms. The van der Waals surface area contributed by atoms with E-state index < -0.39 is 0 Å². The van der Waals surface area contributed by atoms with Crippen LogP contribution in [0.15, 0.2) is 91.1 Å². The number of nitrogen functional groups attached to an aromatic ring is 1. The van der Waals surface area contributed by atoms with Gasteiger partial charge in [0.1, 0.15) is 23.8 Å². The normalized spacial score (nSPS) is 17.0. The molecule has 4 aromatic carbocycles. The number of hydrogen-bond donors (Lipinski definition) is 2. The average Bonchev–Trinajstić information content (AvgIpc) is 3.49. The van der Waals surface area contributed by atoms with E-state index in [1.807, 2.05) is 66.7 Å². The third kappa shape index (κ3) is 3.41. The number of amides is 1. The minimum atomic E-state index is -0.275. The molecule has 3 N–H and O–H groups in total. The highest BCUT2D eigenvalue weighted by atomic mass is 19.1. The van der Waals surface area contributed by atoms with Gasteiger partial charge >= 0.3 is 0 Å². The van der Waals surface area contributed by atoms with E-state index in [9.17, 15) is 9.18 Å². The minimum Gasteiger partial charge on any atom is -0.383 e. The summed E-state index contributed by atoms with van der Waals surface area (Å²) in [5, 5.41) is 4.87. The Morgan fingerprint density at radius 3 is 2.51 bits per heavy atom. The van der Waals surface area contributed by atoms with E-state index in [0.29, 0.717) is 23.5 Å². The Morgan fingerprint density at radius 1 is 0.865 bits per heavy atom. The summed E-state index contributed by atoms with van der Waals surface area (Å²) in [6, 6.07) is 26.2. The Bertz CT molecular complexity index is 1730. The van der Waals surface area contributed by atoms with Crippen molar-refractivity contribution in [2.75, 3.05) is 5.73 Å². The SMILES string of the molecule is Nc1nccc2c(CNC(=O)c3ccc4c(c3)[C@@H]3O[C@H]4c4ccc(-c5ccccc5F)cc43)cccc12. The highest BCUT2D eigenvalue weighted by molar-refractivity contribution is 5.96. The van der Waals surface area contributed by atoms with Crippen molar-refractivity contribution in [3.63, 3.8) is 0 Å². The molecule has 7 rings (SSSR count). The van der Waals surface area contributed by atoms with Crippen molar-refractivity contribution in [1.29, 1.82) is 0 Å². The van der Waals surface area contributed by atoms with Gasteiger partial charge < -0.3 is 15.8 Å². The first kappa shape index (κ1) is 21.7.